The molecule has 398 valence electrons. The van der Waals surface area contributed by atoms with Gasteiger partial charge in [-0.15, -0.1) is 0 Å². The van der Waals surface area contributed by atoms with Gasteiger partial charge in [-0.3, -0.25) is 4.79 Å². The monoisotopic (exact) mass is 1000 g/mol. The molecule has 0 bridgehead atoms. The minimum absolute atomic E-state index is 0.861. The molecule has 0 unspecified atom stereocenters. The van der Waals surface area contributed by atoms with Crippen LogP contribution in [0, 0.1) is 0 Å². The van der Waals surface area contributed by atoms with Gasteiger partial charge in [-0.1, -0.05) is 0 Å². The molecule has 0 aliphatic carbocycles. The first-order valence-electron chi connectivity index (χ1n) is 21.8. The average molecular weight is 1000 g/mol. The maximum absolute atomic E-state index is 12.6. The minimum Gasteiger partial charge on any atom is -0.394 e. The summed E-state index contributed by atoms with van der Waals surface area (Å²) in [5.41, 5.74) is 0. The van der Waals surface area contributed by atoms with Gasteiger partial charge in [-0.05, 0) is 13.8 Å². The standard InChI is InChI=1S/C38H67NO29/c1-9-18(48)23(53)26(56)35(59-9)64-29(12(46)4-40)30(13(47)5-41)65-37-28(58)32(21(51)15(7-43)61-37)67-34-17(39-11(3)45)22(52)31(16(8-44)63-34)66-38-33(25(55)20(50)14(6-42)62-38)68-36-27(57)24(54)19(49)10(2)60-36/h9-10,12-38,40-44,46-58H,4-8H2,1-3H3,(H,39,45)/t9-,10-,12-,13+,14+,15+,16+,17+,18+,19+,20-,21-,22+,23+,24+,25-,26-,27-,28+,29+,30+,31+,32-,33+,34-,35-,36-,37-,38-/m0/s1. The molecule has 0 aromatic rings. The summed E-state index contributed by atoms with van der Waals surface area (Å²) < 4.78 is 57.0. The third kappa shape index (κ3) is 12.4. The Bertz CT molecular complexity index is 1550. The number of ether oxygens (including phenoxy) is 10. The van der Waals surface area contributed by atoms with Crippen molar-refractivity contribution in [3.05, 3.63) is 0 Å². The van der Waals surface area contributed by atoms with Crippen LogP contribution >= 0.6 is 0 Å². The van der Waals surface area contributed by atoms with Crippen molar-refractivity contribution in [3.63, 3.8) is 0 Å². The van der Waals surface area contributed by atoms with Gasteiger partial charge in [0.25, 0.3) is 0 Å². The summed E-state index contributed by atoms with van der Waals surface area (Å²) in [6, 6.07) is -1.80. The lowest BCUT2D eigenvalue weighted by Gasteiger charge is -2.50. The second kappa shape index (κ2) is 24.9. The molecule has 1 amide bonds. The van der Waals surface area contributed by atoms with Crippen LogP contribution < -0.4 is 5.32 Å². The molecule has 0 aromatic heterocycles. The van der Waals surface area contributed by atoms with Crippen LogP contribution in [0.25, 0.3) is 0 Å². The van der Waals surface area contributed by atoms with E-state index in [9.17, 15) is 96.7 Å². The van der Waals surface area contributed by atoms with E-state index in [0.717, 1.165) is 6.92 Å². The molecular formula is C38H67NO29. The van der Waals surface area contributed by atoms with Crippen molar-refractivity contribution in [1.82, 2.24) is 5.32 Å². The Hall–Kier alpha value is -1.65. The SMILES string of the molecule is CC(=O)N[C@H]1[C@H](O[C@H]2[C@@H](O)[C@@H](CO)O[C@@H](O[C@@H]([C@H](O[C@@H]3O[C@@H](C)[C@@H](O)[C@@H](O)[C@@H]3O)[C@@H](O)CO)[C@H](O)CO)[C@@H]2O)O[C@H](CO)[C@@H](O[C@@H]2O[C@H](CO)[C@H](O)[C@H](O)[C@H]2O[C@@H]2O[C@@H](C)[C@@H](O)[C@@H](O)[C@@H]2O)[C@@H]1O. The van der Waals surface area contributed by atoms with Gasteiger partial charge in [0.15, 0.2) is 31.5 Å². The Kier molecular flexibility index (Phi) is 20.9. The number of carbonyl (C=O) groups is 1. The van der Waals surface area contributed by atoms with Crippen molar-refractivity contribution >= 4 is 5.91 Å². The van der Waals surface area contributed by atoms with Crippen LogP contribution in [0.2, 0.25) is 0 Å². The summed E-state index contributed by atoms with van der Waals surface area (Å²) in [5, 5.41) is 193. The molecule has 30 nitrogen and oxygen atoms in total. The van der Waals surface area contributed by atoms with Crippen molar-refractivity contribution < 1.29 is 144 Å². The molecule has 19 N–H and O–H groups in total. The van der Waals surface area contributed by atoms with Crippen LogP contribution in [0.1, 0.15) is 20.8 Å². The zero-order valence-corrected chi connectivity index (χ0v) is 36.8. The summed E-state index contributed by atoms with van der Waals surface area (Å²) >= 11 is 0. The van der Waals surface area contributed by atoms with Gasteiger partial charge in [-0.25, -0.2) is 0 Å². The van der Waals surface area contributed by atoms with Crippen molar-refractivity contribution in [3.8, 4) is 0 Å². The van der Waals surface area contributed by atoms with Gasteiger partial charge in [-0.2, -0.15) is 0 Å². The summed E-state index contributed by atoms with van der Waals surface area (Å²) in [6.45, 7) is -1.71. The predicted octanol–water partition coefficient (Wildman–Crippen LogP) is -12.3. The average Bonchev–Trinajstić information content (AvgIpc) is 3.31. The molecule has 5 aliphatic rings. The zero-order chi connectivity index (χ0) is 50.6. The van der Waals surface area contributed by atoms with E-state index in [0.29, 0.717) is 0 Å². The first-order chi connectivity index (χ1) is 32.0. The van der Waals surface area contributed by atoms with Crippen molar-refractivity contribution in [1.29, 1.82) is 0 Å². The van der Waals surface area contributed by atoms with Crippen molar-refractivity contribution in [2.24, 2.45) is 0 Å². The Morgan fingerprint density at radius 2 is 0.882 bits per heavy atom. The highest BCUT2D eigenvalue weighted by Crippen LogP contribution is 2.36. The van der Waals surface area contributed by atoms with Crippen LogP contribution in [0.15, 0.2) is 0 Å². The highest BCUT2D eigenvalue weighted by atomic mass is 16.8. The van der Waals surface area contributed by atoms with E-state index in [2.05, 4.69) is 5.32 Å². The molecule has 5 aliphatic heterocycles. The molecule has 5 saturated heterocycles. The van der Waals surface area contributed by atoms with Crippen molar-refractivity contribution in [2.45, 2.75) is 199 Å². The van der Waals surface area contributed by atoms with Gasteiger partial charge in [0.05, 0.1) is 45.2 Å². The van der Waals surface area contributed by atoms with Gasteiger partial charge in [0.1, 0.15) is 134 Å². The van der Waals surface area contributed by atoms with E-state index >= 15 is 0 Å². The first kappa shape index (κ1) is 57.3. The Morgan fingerprint density at radius 3 is 1.38 bits per heavy atom. The van der Waals surface area contributed by atoms with Gasteiger partial charge >= 0.3 is 0 Å². The fourth-order valence-corrected chi connectivity index (χ4v) is 8.38. The molecule has 5 fully saturated rings. The van der Waals surface area contributed by atoms with Crippen LogP contribution in [0.3, 0.4) is 0 Å². The number of hydrogen-bond acceptors (Lipinski definition) is 29. The Morgan fingerprint density at radius 1 is 0.456 bits per heavy atom. The number of carbonyl (C=O) groups excluding carboxylic acids is 1. The quantitative estimate of drug-likeness (QED) is 0.0571. The summed E-state index contributed by atoms with van der Waals surface area (Å²) in [7, 11) is 0. The number of rotatable bonds is 19. The fourth-order valence-electron chi connectivity index (χ4n) is 8.38. The number of hydrogen-bond donors (Lipinski definition) is 19. The minimum atomic E-state index is -2.27. The Balaban J connectivity index is 1.41. The lowest BCUT2D eigenvalue weighted by Crippen LogP contribution is -2.70. The van der Waals surface area contributed by atoms with Crippen LogP contribution in [0.4, 0.5) is 0 Å². The van der Waals surface area contributed by atoms with E-state index in [1.165, 1.54) is 13.8 Å². The third-order valence-corrected chi connectivity index (χ3v) is 12.4. The highest BCUT2D eigenvalue weighted by molar-refractivity contribution is 5.73. The van der Waals surface area contributed by atoms with Gasteiger partial charge < -0.3 is 145 Å². The topological polar surface area (TPSA) is 486 Å². The molecule has 5 rings (SSSR count). The van der Waals surface area contributed by atoms with Gasteiger partial charge in [0, 0.05) is 6.92 Å². The molecule has 0 aromatic carbocycles. The van der Waals surface area contributed by atoms with Crippen LogP contribution in [-0.2, 0) is 52.2 Å². The second-order valence-corrected chi connectivity index (χ2v) is 17.2. The van der Waals surface area contributed by atoms with E-state index in [1.807, 2.05) is 0 Å². The first-order valence-corrected chi connectivity index (χ1v) is 21.8. The summed E-state index contributed by atoms with van der Waals surface area (Å²) in [4.78, 5) is 12.6. The molecule has 0 spiro atoms. The number of amides is 1. The maximum atomic E-state index is 12.6. The van der Waals surface area contributed by atoms with E-state index in [-0.39, 0.29) is 0 Å². The normalized spacial score (nSPS) is 47.8. The van der Waals surface area contributed by atoms with E-state index < -0.39 is 217 Å². The molecular weight excluding hydrogens is 934 g/mol. The summed E-state index contributed by atoms with van der Waals surface area (Å²) in [5.74, 6) is -0.861. The van der Waals surface area contributed by atoms with E-state index in [4.69, 9.17) is 47.4 Å². The highest BCUT2D eigenvalue weighted by Gasteiger charge is 2.57. The molecule has 68 heavy (non-hydrogen) atoms. The lowest BCUT2D eigenvalue weighted by atomic mass is 9.94. The lowest BCUT2D eigenvalue weighted by molar-refractivity contribution is -0.390. The van der Waals surface area contributed by atoms with E-state index in [1.54, 1.807) is 0 Å². The predicted molar refractivity (Wildman–Crippen MR) is 210 cm³/mol. The molecule has 5 heterocycles. The summed E-state index contributed by atoms with van der Waals surface area (Å²) in [6.07, 6.45) is -52.4. The molecule has 30 heteroatoms. The molecule has 29 atom stereocenters. The number of nitrogens with one attached hydrogen (secondary N) is 1. The van der Waals surface area contributed by atoms with Gasteiger partial charge in [0.2, 0.25) is 5.91 Å². The van der Waals surface area contributed by atoms with Crippen LogP contribution in [-0.4, -0.2) is 309 Å². The Labute approximate surface area is 386 Å². The number of aliphatic hydroxyl groups is 18. The zero-order valence-electron chi connectivity index (χ0n) is 36.8. The largest absolute Gasteiger partial charge is 0.394 e. The molecule has 0 saturated carbocycles. The smallest absolute Gasteiger partial charge is 0.217 e. The fraction of sp³-hybridized carbons (Fsp3) is 0.974. The maximum Gasteiger partial charge on any atom is 0.217 e. The van der Waals surface area contributed by atoms with Crippen LogP contribution in [0.5, 0.6) is 0 Å². The second-order valence-electron chi connectivity index (χ2n) is 17.2. The number of aliphatic hydroxyl groups excluding tert-OH is 18. The molecule has 0 radical (unpaired) electrons. The third-order valence-electron chi connectivity index (χ3n) is 12.4. The van der Waals surface area contributed by atoms with Crippen molar-refractivity contribution in [2.75, 3.05) is 33.0 Å².